The summed E-state index contributed by atoms with van der Waals surface area (Å²) in [5, 5.41) is 13.9. The summed E-state index contributed by atoms with van der Waals surface area (Å²) in [6.07, 6.45) is -2.10. The average Bonchev–Trinajstić information content (AvgIpc) is 2.52. The van der Waals surface area contributed by atoms with Crippen molar-refractivity contribution in [3.8, 4) is 0 Å². The molecule has 23 heavy (non-hydrogen) atoms. The van der Waals surface area contributed by atoms with Crippen molar-refractivity contribution in [2.45, 2.75) is 44.7 Å². The van der Waals surface area contributed by atoms with Crippen molar-refractivity contribution >= 4 is 5.78 Å². The van der Waals surface area contributed by atoms with Crippen molar-refractivity contribution in [3.05, 3.63) is 43.5 Å². The fourth-order valence-electron chi connectivity index (χ4n) is 2.60. The molecule has 1 saturated heterocycles. The summed E-state index contributed by atoms with van der Waals surface area (Å²) in [6.45, 7) is 3.24. The molecule has 1 aromatic rings. The van der Waals surface area contributed by atoms with Crippen molar-refractivity contribution in [1.29, 1.82) is 0 Å². The van der Waals surface area contributed by atoms with Crippen molar-refractivity contribution in [2.75, 3.05) is 0 Å². The number of carbonyl (C=O) groups is 1. The normalized spacial score (nSPS) is 30.5. The van der Waals surface area contributed by atoms with Crippen LogP contribution in [0.2, 0.25) is 0 Å². The zero-order valence-corrected chi connectivity index (χ0v) is 12.6. The minimum atomic E-state index is -1.20. The van der Waals surface area contributed by atoms with Crippen LogP contribution in [0.1, 0.15) is 26.5 Å². The van der Waals surface area contributed by atoms with Gasteiger partial charge in [-0.1, -0.05) is 19.0 Å². The standard InChI is InChI=1S/C13H17N5O5/c1-3-7(19)11-9(16-17-14)6(2)10(21)12(23-11)18-5-4-8(20)15-13(18)22/h4-6,9-12,21H,3H2,1-2H3,(H,15,20,22). The number of azide groups is 1. The van der Waals surface area contributed by atoms with Gasteiger partial charge in [-0.05, 0) is 11.4 Å². The number of rotatable bonds is 4. The molecule has 10 nitrogen and oxygen atoms in total. The molecular formula is C13H17N5O5. The van der Waals surface area contributed by atoms with Crippen LogP contribution in [0.15, 0.2) is 27.0 Å². The highest BCUT2D eigenvalue weighted by atomic mass is 16.5. The van der Waals surface area contributed by atoms with Crippen molar-refractivity contribution in [3.63, 3.8) is 0 Å². The zero-order valence-electron chi connectivity index (χ0n) is 12.6. The molecule has 1 fully saturated rings. The van der Waals surface area contributed by atoms with Gasteiger partial charge in [0.15, 0.2) is 12.0 Å². The minimum absolute atomic E-state index is 0.151. The first-order chi connectivity index (χ1) is 10.9. The molecule has 0 radical (unpaired) electrons. The maximum absolute atomic E-state index is 12.1. The molecule has 1 aliphatic heterocycles. The van der Waals surface area contributed by atoms with E-state index in [1.165, 1.54) is 6.20 Å². The number of H-pyrrole nitrogens is 1. The molecule has 1 aliphatic rings. The monoisotopic (exact) mass is 323 g/mol. The number of aliphatic hydroxyl groups excluding tert-OH is 1. The Hall–Kier alpha value is -2.42. The van der Waals surface area contributed by atoms with Crippen LogP contribution in [0, 0.1) is 5.92 Å². The van der Waals surface area contributed by atoms with Crippen LogP contribution < -0.4 is 11.2 Å². The lowest BCUT2D eigenvalue weighted by Gasteiger charge is -2.41. The fourth-order valence-corrected chi connectivity index (χ4v) is 2.60. The van der Waals surface area contributed by atoms with E-state index in [0.29, 0.717) is 0 Å². The Labute approximate surface area is 130 Å². The van der Waals surface area contributed by atoms with Crippen LogP contribution in [-0.2, 0) is 9.53 Å². The quantitative estimate of drug-likeness (QED) is 0.457. The lowest BCUT2D eigenvalue weighted by Crippen LogP contribution is -2.54. The van der Waals surface area contributed by atoms with E-state index >= 15 is 0 Å². The molecule has 0 spiro atoms. The number of carbonyl (C=O) groups excluding carboxylic acids is 1. The Bertz CT molecular complexity index is 750. The third-order valence-electron chi connectivity index (χ3n) is 3.94. The average molecular weight is 323 g/mol. The highest BCUT2D eigenvalue weighted by molar-refractivity contribution is 5.83. The van der Waals surface area contributed by atoms with Crippen LogP contribution in [0.25, 0.3) is 10.4 Å². The topological polar surface area (TPSA) is 150 Å². The Morgan fingerprint density at radius 1 is 1.57 bits per heavy atom. The molecule has 0 bridgehead atoms. The number of hydrogen-bond acceptors (Lipinski definition) is 6. The molecule has 0 amide bonds. The van der Waals surface area contributed by atoms with Gasteiger partial charge in [-0.25, -0.2) is 4.79 Å². The van der Waals surface area contributed by atoms with E-state index in [-0.39, 0.29) is 12.2 Å². The molecule has 124 valence electrons. The van der Waals surface area contributed by atoms with E-state index in [1.54, 1.807) is 13.8 Å². The molecule has 0 saturated carbocycles. The minimum Gasteiger partial charge on any atom is -0.388 e. The molecule has 5 unspecified atom stereocenters. The third-order valence-corrected chi connectivity index (χ3v) is 3.94. The number of aromatic nitrogens is 2. The second-order valence-corrected chi connectivity index (χ2v) is 5.33. The predicted octanol–water partition coefficient (Wildman–Crippen LogP) is 0.0890. The number of ketones is 1. The number of nitrogens with zero attached hydrogens (tertiary/aromatic N) is 4. The van der Waals surface area contributed by atoms with Gasteiger partial charge in [0.25, 0.3) is 5.56 Å². The summed E-state index contributed by atoms with van der Waals surface area (Å²) in [7, 11) is 0. The highest BCUT2D eigenvalue weighted by Gasteiger charge is 2.45. The lowest BCUT2D eigenvalue weighted by molar-refractivity contribution is -0.189. The van der Waals surface area contributed by atoms with Gasteiger partial charge in [0, 0.05) is 23.6 Å². The van der Waals surface area contributed by atoms with Crippen LogP contribution in [0.3, 0.4) is 0 Å². The van der Waals surface area contributed by atoms with Crippen molar-refractivity contribution in [1.82, 2.24) is 9.55 Å². The van der Waals surface area contributed by atoms with Crippen LogP contribution in [-0.4, -0.2) is 38.7 Å². The van der Waals surface area contributed by atoms with Gasteiger partial charge < -0.3 is 9.84 Å². The van der Waals surface area contributed by atoms with E-state index in [9.17, 15) is 19.5 Å². The first kappa shape index (κ1) is 16.9. The van der Waals surface area contributed by atoms with Crippen LogP contribution >= 0.6 is 0 Å². The second kappa shape index (κ2) is 6.78. The number of aliphatic hydroxyl groups is 1. The SMILES string of the molecule is CCC(=O)C1OC(n2ccc(=O)[nH]c2=O)C(O)C(C)C1N=[N+]=[N-]. The Morgan fingerprint density at radius 2 is 2.26 bits per heavy atom. The number of aromatic amines is 1. The van der Waals surface area contributed by atoms with Crippen LogP contribution in [0.4, 0.5) is 0 Å². The van der Waals surface area contributed by atoms with E-state index in [0.717, 1.165) is 10.6 Å². The number of ether oxygens (including phenoxy) is 1. The summed E-state index contributed by atoms with van der Waals surface area (Å²) in [5.41, 5.74) is 7.32. The van der Waals surface area contributed by atoms with Gasteiger partial charge in [-0.3, -0.25) is 19.1 Å². The Balaban J connectivity index is 2.46. The smallest absolute Gasteiger partial charge is 0.330 e. The van der Waals surface area contributed by atoms with E-state index in [4.69, 9.17) is 10.3 Å². The van der Waals surface area contributed by atoms with Gasteiger partial charge >= 0.3 is 5.69 Å². The molecule has 2 heterocycles. The van der Waals surface area contributed by atoms with Crippen molar-refractivity contribution < 1.29 is 14.6 Å². The maximum Gasteiger partial charge on any atom is 0.330 e. The molecular weight excluding hydrogens is 306 g/mol. The predicted molar refractivity (Wildman–Crippen MR) is 78.6 cm³/mol. The summed E-state index contributed by atoms with van der Waals surface area (Å²) in [4.78, 5) is 39.9. The summed E-state index contributed by atoms with van der Waals surface area (Å²) < 4.78 is 6.58. The van der Waals surface area contributed by atoms with Gasteiger partial charge in [0.1, 0.15) is 12.2 Å². The maximum atomic E-state index is 12.1. The molecule has 2 rings (SSSR count). The summed E-state index contributed by atoms with van der Waals surface area (Å²) in [6, 6.07) is 0.232. The number of Topliss-reactive ketones (excluding diaryl/α,β-unsaturated/α-hetero) is 1. The summed E-state index contributed by atoms with van der Waals surface area (Å²) in [5.74, 6) is -0.924. The molecule has 10 heteroatoms. The van der Waals surface area contributed by atoms with Crippen LogP contribution in [0.5, 0.6) is 0 Å². The van der Waals surface area contributed by atoms with E-state index in [1.807, 2.05) is 0 Å². The zero-order chi connectivity index (χ0) is 17.1. The largest absolute Gasteiger partial charge is 0.388 e. The molecule has 0 aromatic carbocycles. The second-order valence-electron chi connectivity index (χ2n) is 5.33. The van der Waals surface area contributed by atoms with E-state index in [2.05, 4.69) is 15.0 Å². The number of hydrogen-bond donors (Lipinski definition) is 2. The Morgan fingerprint density at radius 3 is 2.83 bits per heavy atom. The molecule has 1 aromatic heterocycles. The first-order valence-corrected chi connectivity index (χ1v) is 7.12. The Kier molecular flexibility index (Phi) is 4.99. The first-order valence-electron chi connectivity index (χ1n) is 7.12. The van der Waals surface area contributed by atoms with Gasteiger partial charge in [0.2, 0.25) is 0 Å². The molecule has 0 aliphatic carbocycles. The highest BCUT2D eigenvalue weighted by Crippen LogP contribution is 2.34. The molecule has 2 N–H and O–H groups in total. The van der Waals surface area contributed by atoms with E-state index < -0.39 is 41.6 Å². The number of nitrogens with one attached hydrogen (secondary N) is 1. The van der Waals surface area contributed by atoms with Gasteiger partial charge in [0.05, 0.1) is 6.04 Å². The van der Waals surface area contributed by atoms with Crippen molar-refractivity contribution in [2.24, 2.45) is 11.0 Å². The molecule has 5 atom stereocenters. The van der Waals surface area contributed by atoms with Gasteiger partial charge in [-0.15, -0.1) is 0 Å². The third kappa shape index (κ3) is 3.19. The summed E-state index contributed by atoms with van der Waals surface area (Å²) >= 11 is 0. The fraction of sp³-hybridized carbons (Fsp3) is 0.615. The lowest BCUT2D eigenvalue weighted by atomic mass is 9.86. The van der Waals surface area contributed by atoms with Gasteiger partial charge in [-0.2, -0.15) is 0 Å².